The maximum atomic E-state index is 12.6. The largest absolute Gasteiger partial charge is 0.466 e. The van der Waals surface area contributed by atoms with Crippen LogP contribution in [-0.4, -0.2) is 70.2 Å². The molecule has 0 saturated carbocycles. The summed E-state index contributed by atoms with van der Waals surface area (Å²) >= 11 is 0. The molecule has 0 aliphatic carbocycles. The third kappa shape index (κ3) is 9.64. The van der Waals surface area contributed by atoms with Gasteiger partial charge in [-0.3, -0.25) is 19.2 Å². The molecule has 2 N–H and O–H groups in total. The van der Waals surface area contributed by atoms with Crippen LogP contribution in [0.15, 0.2) is 24.3 Å². The molecule has 5 heterocycles. The van der Waals surface area contributed by atoms with Crippen molar-refractivity contribution in [1.82, 2.24) is 19.9 Å². The Balaban J connectivity index is 1.83. The minimum Gasteiger partial charge on any atom is -0.466 e. The molecule has 0 saturated heterocycles. The van der Waals surface area contributed by atoms with Gasteiger partial charge in [0.05, 0.1) is 49.2 Å². The summed E-state index contributed by atoms with van der Waals surface area (Å²) in [6, 6.07) is 8.00. The summed E-state index contributed by atoms with van der Waals surface area (Å²) in [5, 5.41) is 0. The van der Waals surface area contributed by atoms with Crippen LogP contribution in [0.2, 0.25) is 0 Å². The molecule has 56 heavy (non-hydrogen) atoms. The molecule has 5 rings (SSSR count). The second kappa shape index (κ2) is 18.9. The van der Waals surface area contributed by atoms with Gasteiger partial charge in [-0.05, 0) is 150 Å². The van der Waals surface area contributed by atoms with Crippen LogP contribution in [0.1, 0.15) is 125 Å². The number of aromatic nitrogens is 4. The van der Waals surface area contributed by atoms with Crippen molar-refractivity contribution in [3.05, 3.63) is 69.3 Å². The Labute approximate surface area is 328 Å². The summed E-state index contributed by atoms with van der Waals surface area (Å²) in [5.41, 5.74) is 13.6. The van der Waals surface area contributed by atoms with Gasteiger partial charge in [-0.2, -0.15) is 0 Å². The summed E-state index contributed by atoms with van der Waals surface area (Å²) in [6.07, 6.45) is 2.54. The number of hydrogen-bond donors (Lipinski definition) is 2. The zero-order chi connectivity index (χ0) is 40.5. The normalized spacial score (nSPS) is 12.6. The highest BCUT2D eigenvalue weighted by Crippen LogP contribution is 2.38. The van der Waals surface area contributed by atoms with Crippen LogP contribution >= 0.6 is 0 Å². The first kappa shape index (κ1) is 41.6. The highest BCUT2D eigenvalue weighted by molar-refractivity contribution is 5.96. The summed E-state index contributed by atoms with van der Waals surface area (Å²) in [6.45, 7) is 16.4. The van der Waals surface area contributed by atoms with Gasteiger partial charge in [-0.25, -0.2) is 9.97 Å². The zero-order valence-corrected chi connectivity index (χ0v) is 34.0. The van der Waals surface area contributed by atoms with E-state index in [2.05, 4.69) is 9.97 Å². The Hall–Kier alpha value is -5.52. The number of ether oxygens (including phenoxy) is 4. The summed E-state index contributed by atoms with van der Waals surface area (Å²) in [5.74, 6) is -1.12. The van der Waals surface area contributed by atoms with Crippen molar-refractivity contribution in [2.24, 2.45) is 0 Å². The Bertz CT molecular complexity index is 2240. The molecule has 2 aliphatic rings. The van der Waals surface area contributed by atoms with E-state index in [9.17, 15) is 19.2 Å². The number of rotatable bonds is 16. The first-order valence-electron chi connectivity index (χ1n) is 19.6. The number of hydrogen-bond acceptors (Lipinski definition) is 10. The molecule has 0 atom stereocenters. The third-order valence-electron chi connectivity index (χ3n) is 10.3. The lowest BCUT2D eigenvalue weighted by Crippen LogP contribution is -2.05. The zero-order valence-electron chi connectivity index (χ0n) is 34.0. The monoisotopic (exact) mass is 766 g/mol. The van der Waals surface area contributed by atoms with E-state index in [0.717, 1.165) is 72.3 Å². The molecule has 0 amide bonds. The smallest absolute Gasteiger partial charge is 0.306 e. The fourth-order valence-corrected chi connectivity index (χ4v) is 7.33. The topological polar surface area (TPSA) is 163 Å². The highest BCUT2D eigenvalue weighted by Gasteiger charge is 2.23. The van der Waals surface area contributed by atoms with Gasteiger partial charge < -0.3 is 28.9 Å². The number of carbonyl (C=O) groups excluding carboxylic acids is 4. The van der Waals surface area contributed by atoms with Crippen molar-refractivity contribution >= 4 is 68.2 Å². The predicted molar refractivity (Wildman–Crippen MR) is 217 cm³/mol. The van der Waals surface area contributed by atoms with Crippen LogP contribution in [0.4, 0.5) is 0 Å². The van der Waals surface area contributed by atoms with E-state index >= 15 is 0 Å². The number of esters is 4. The van der Waals surface area contributed by atoms with Gasteiger partial charge in [0.15, 0.2) is 0 Å². The molecule has 3 aromatic rings. The van der Waals surface area contributed by atoms with E-state index in [4.69, 9.17) is 28.9 Å². The SMILES string of the molecule is CCOC(=O)CCC1=C(C)c2cc3[nH]c(cc4[nH]c(cc5nc(cc1n2)C(C)=C5CCC(=O)OCC)c(C)c4CCC(=O)OCC)c(C)c3CCC(=O)OCC. The number of aromatic amines is 2. The summed E-state index contributed by atoms with van der Waals surface area (Å²) in [7, 11) is 0. The number of nitrogens with zero attached hydrogens (tertiary/aromatic N) is 2. The quantitative estimate of drug-likeness (QED) is 0.107. The van der Waals surface area contributed by atoms with Crippen molar-refractivity contribution in [2.75, 3.05) is 26.4 Å². The molecule has 0 radical (unpaired) electrons. The molecule has 0 aromatic carbocycles. The summed E-state index contributed by atoms with van der Waals surface area (Å²) < 4.78 is 21.1. The van der Waals surface area contributed by atoms with Gasteiger partial charge in [0, 0.05) is 47.8 Å². The van der Waals surface area contributed by atoms with Crippen molar-refractivity contribution in [1.29, 1.82) is 0 Å². The van der Waals surface area contributed by atoms with Crippen LogP contribution in [-0.2, 0) is 51.0 Å². The van der Waals surface area contributed by atoms with E-state index in [0.29, 0.717) is 69.2 Å². The van der Waals surface area contributed by atoms with Gasteiger partial charge in [0.2, 0.25) is 0 Å². The molecular weight excluding hydrogens is 713 g/mol. The molecule has 3 aromatic heterocycles. The van der Waals surface area contributed by atoms with Crippen molar-refractivity contribution < 1.29 is 38.1 Å². The first-order chi connectivity index (χ1) is 26.9. The highest BCUT2D eigenvalue weighted by atomic mass is 16.5. The molecule has 12 nitrogen and oxygen atoms in total. The lowest BCUT2D eigenvalue weighted by atomic mass is 9.98. The average molecular weight is 767 g/mol. The Kier molecular flexibility index (Phi) is 14.0. The lowest BCUT2D eigenvalue weighted by Gasteiger charge is -2.06. The number of nitrogens with one attached hydrogen (secondary N) is 2. The maximum Gasteiger partial charge on any atom is 0.306 e. The van der Waals surface area contributed by atoms with E-state index in [-0.39, 0.29) is 49.6 Å². The number of allylic oxidation sites excluding steroid dienone is 4. The van der Waals surface area contributed by atoms with Crippen molar-refractivity contribution in [2.45, 2.75) is 107 Å². The molecule has 0 fully saturated rings. The van der Waals surface area contributed by atoms with E-state index in [1.54, 1.807) is 27.7 Å². The predicted octanol–water partition coefficient (Wildman–Crippen LogP) is 8.47. The van der Waals surface area contributed by atoms with Gasteiger partial charge >= 0.3 is 23.9 Å². The Morgan fingerprint density at radius 3 is 1.23 bits per heavy atom. The fraction of sp³-hybridized carbons (Fsp3) is 0.455. The molecule has 298 valence electrons. The van der Waals surface area contributed by atoms with Crippen molar-refractivity contribution in [3.8, 4) is 0 Å². The van der Waals surface area contributed by atoms with Crippen LogP contribution in [0, 0.1) is 13.8 Å². The number of fused-ring (bicyclic) bond motifs is 8. The Morgan fingerprint density at radius 2 is 0.804 bits per heavy atom. The Morgan fingerprint density at radius 1 is 0.464 bits per heavy atom. The minimum absolute atomic E-state index is 0.191. The van der Waals surface area contributed by atoms with Gasteiger partial charge in [0.25, 0.3) is 0 Å². The lowest BCUT2D eigenvalue weighted by molar-refractivity contribution is -0.144. The second-order valence-corrected chi connectivity index (χ2v) is 13.9. The van der Waals surface area contributed by atoms with E-state index in [1.165, 1.54) is 0 Å². The fourth-order valence-electron chi connectivity index (χ4n) is 7.33. The van der Waals surface area contributed by atoms with Gasteiger partial charge in [-0.1, -0.05) is 0 Å². The molecule has 8 bridgehead atoms. The van der Waals surface area contributed by atoms with Crippen LogP contribution in [0.25, 0.3) is 44.4 Å². The van der Waals surface area contributed by atoms with Gasteiger partial charge in [-0.15, -0.1) is 0 Å². The number of carbonyl (C=O) groups is 4. The second-order valence-electron chi connectivity index (χ2n) is 13.9. The molecule has 0 spiro atoms. The van der Waals surface area contributed by atoms with E-state index < -0.39 is 0 Å². The van der Waals surface area contributed by atoms with E-state index in [1.807, 2.05) is 52.0 Å². The molecule has 12 heteroatoms. The third-order valence-corrected chi connectivity index (χ3v) is 10.3. The molecular formula is C44H54N4O8. The number of H-pyrrole nitrogens is 2. The van der Waals surface area contributed by atoms with Crippen molar-refractivity contribution in [3.63, 3.8) is 0 Å². The number of aryl methyl sites for hydroxylation is 4. The maximum absolute atomic E-state index is 12.6. The van der Waals surface area contributed by atoms with Crippen LogP contribution in [0.3, 0.4) is 0 Å². The minimum atomic E-state index is -0.285. The average Bonchev–Trinajstić information content (AvgIpc) is 3.81. The standard InChI is InChI=1S/C44H54N4O8/c1-9-53-41(49)17-13-29-25(5)33-22-38-31(15-19-43(51)55-11-3)27(7)35(47-38)24-40-32(16-20-44(52)56-12-4)28(8)36(48-40)23-39-30(14-18-42(50)54-10-2)26(6)34(46-39)21-37(29)45-33/h21-24,45-46H,9-20H2,1-8H3. The van der Waals surface area contributed by atoms with Gasteiger partial charge in [0.1, 0.15) is 0 Å². The van der Waals surface area contributed by atoms with Crippen LogP contribution in [0.5, 0.6) is 0 Å². The first-order valence-corrected chi connectivity index (χ1v) is 19.6. The molecule has 2 aliphatic heterocycles. The summed E-state index contributed by atoms with van der Waals surface area (Å²) in [4.78, 5) is 67.8. The molecule has 0 unspecified atom stereocenters. The van der Waals surface area contributed by atoms with Crippen LogP contribution < -0.4 is 0 Å².